The van der Waals surface area contributed by atoms with E-state index < -0.39 is 0 Å². The average Bonchev–Trinajstić information content (AvgIpc) is 3.74. The fraction of sp³-hybridized carbons (Fsp3) is 0.321. The number of nitrogen functional groups attached to an aromatic ring is 2. The molecule has 7 heterocycles. The second-order valence-electron chi connectivity index (χ2n) is 10.9. The topological polar surface area (TPSA) is 179 Å². The summed E-state index contributed by atoms with van der Waals surface area (Å²) in [5.41, 5.74) is 16.9. The number of nitrogens with one attached hydrogen (secondary N) is 1. The largest absolute Gasteiger partial charge is 0.383 e. The lowest BCUT2D eigenvalue weighted by Gasteiger charge is -2.39. The van der Waals surface area contributed by atoms with Gasteiger partial charge in [0.25, 0.3) is 5.91 Å². The normalized spacial score (nSPS) is 20.1. The van der Waals surface area contributed by atoms with Gasteiger partial charge in [0.1, 0.15) is 17.3 Å². The number of aromatic nitrogens is 8. The zero-order valence-corrected chi connectivity index (χ0v) is 22.7. The summed E-state index contributed by atoms with van der Waals surface area (Å²) in [5, 5.41) is 15.5. The van der Waals surface area contributed by atoms with Crippen LogP contribution in [0, 0.1) is 6.92 Å². The number of anilines is 2. The van der Waals surface area contributed by atoms with E-state index in [-0.39, 0.29) is 41.3 Å². The van der Waals surface area contributed by atoms with E-state index in [4.69, 9.17) is 16.5 Å². The lowest BCUT2D eigenvalue weighted by Crippen LogP contribution is -2.46. The van der Waals surface area contributed by atoms with Gasteiger partial charge in [0, 0.05) is 47.6 Å². The van der Waals surface area contributed by atoms with Crippen LogP contribution in [-0.2, 0) is 0 Å². The van der Waals surface area contributed by atoms with E-state index >= 15 is 0 Å². The van der Waals surface area contributed by atoms with Crippen molar-refractivity contribution in [3.8, 4) is 16.9 Å². The molecule has 2 aliphatic heterocycles. The van der Waals surface area contributed by atoms with Crippen LogP contribution in [0.4, 0.5) is 11.6 Å². The molecular formula is C28H29N11O2. The number of nitrogens with zero attached hydrogens (tertiary/aromatic N) is 8. The maximum absolute atomic E-state index is 13.3. The van der Waals surface area contributed by atoms with E-state index in [1.165, 1.54) is 11.4 Å². The van der Waals surface area contributed by atoms with Crippen molar-refractivity contribution in [2.75, 3.05) is 11.5 Å². The number of fused-ring (bicyclic) bond motifs is 3. The number of ketones is 1. The molecule has 0 aromatic carbocycles. The van der Waals surface area contributed by atoms with Gasteiger partial charge < -0.3 is 16.4 Å². The SMILES string of the molecule is CC(=O)c1c(C2CC3CCC(C2)N3C(=O)c2cc(N)n[nH]2)nc2c(-c3ccc(-n4cc(C)cn4)nc3)cnn2c1N. The molecule has 5 aromatic heterocycles. The molecule has 2 unspecified atom stereocenters. The highest BCUT2D eigenvalue weighted by atomic mass is 16.2. The van der Waals surface area contributed by atoms with Crippen LogP contribution >= 0.6 is 0 Å². The van der Waals surface area contributed by atoms with Gasteiger partial charge in [0.2, 0.25) is 0 Å². The summed E-state index contributed by atoms with van der Waals surface area (Å²) >= 11 is 0. The number of carbonyl (C=O) groups is 2. The maximum atomic E-state index is 13.3. The third kappa shape index (κ3) is 4.03. The van der Waals surface area contributed by atoms with Crippen LogP contribution in [-0.4, -0.2) is 68.2 Å². The maximum Gasteiger partial charge on any atom is 0.272 e. The monoisotopic (exact) mass is 551 g/mol. The van der Waals surface area contributed by atoms with Crippen molar-refractivity contribution in [1.82, 2.24) is 44.5 Å². The van der Waals surface area contributed by atoms with E-state index in [1.54, 1.807) is 29.3 Å². The standard InChI is InChI=1S/C28H29N11O2/c1-14-10-32-37(13-14)23-6-3-16(11-31-23)20-12-33-39-26(30)24(15(2)40)25(34-27(20)39)17-7-18-4-5-19(8-17)38(18)28(41)21-9-22(29)36-35-21/h3,6,9-13,17-19H,4-5,7-8,30H2,1-2H3,(H3,29,35,36). The molecule has 2 fully saturated rings. The zero-order valence-electron chi connectivity index (χ0n) is 22.7. The summed E-state index contributed by atoms with van der Waals surface area (Å²) in [5.74, 6) is 0.935. The fourth-order valence-corrected chi connectivity index (χ4v) is 6.43. The van der Waals surface area contributed by atoms with Gasteiger partial charge in [-0.1, -0.05) is 0 Å². The highest BCUT2D eigenvalue weighted by Crippen LogP contribution is 2.45. The Hall–Kier alpha value is -5.07. The van der Waals surface area contributed by atoms with E-state index in [0.29, 0.717) is 41.3 Å². The van der Waals surface area contributed by atoms with Crippen molar-refractivity contribution < 1.29 is 9.59 Å². The Balaban J connectivity index is 1.25. The van der Waals surface area contributed by atoms with Crippen molar-refractivity contribution >= 4 is 29.0 Å². The number of aromatic amines is 1. The van der Waals surface area contributed by atoms with E-state index in [0.717, 1.165) is 29.5 Å². The third-order valence-corrected chi connectivity index (χ3v) is 8.25. The molecular weight excluding hydrogens is 522 g/mol. The van der Waals surface area contributed by atoms with Crippen molar-refractivity contribution in [2.24, 2.45) is 0 Å². The molecule has 0 spiro atoms. The Morgan fingerprint density at radius 2 is 1.83 bits per heavy atom. The second-order valence-corrected chi connectivity index (χ2v) is 10.9. The molecule has 0 radical (unpaired) electrons. The number of piperidine rings is 1. The van der Waals surface area contributed by atoms with Gasteiger partial charge in [0.15, 0.2) is 17.2 Å². The number of carbonyl (C=O) groups excluding carboxylic acids is 2. The van der Waals surface area contributed by atoms with Crippen LogP contribution < -0.4 is 11.5 Å². The summed E-state index contributed by atoms with van der Waals surface area (Å²) in [6, 6.07) is 5.43. The number of pyridine rings is 1. The minimum Gasteiger partial charge on any atom is -0.383 e. The van der Waals surface area contributed by atoms with E-state index in [9.17, 15) is 9.59 Å². The Morgan fingerprint density at radius 1 is 1.05 bits per heavy atom. The summed E-state index contributed by atoms with van der Waals surface area (Å²) in [6.07, 6.45) is 10.3. The van der Waals surface area contributed by atoms with Crippen molar-refractivity contribution in [3.05, 3.63) is 65.5 Å². The molecule has 41 heavy (non-hydrogen) atoms. The molecule has 5 aromatic rings. The quantitative estimate of drug-likeness (QED) is 0.277. The molecule has 2 atom stereocenters. The van der Waals surface area contributed by atoms with Crippen molar-refractivity contribution in [3.63, 3.8) is 0 Å². The minimum atomic E-state index is -0.164. The fourth-order valence-electron chi connectivity index (χ4n) is 6.43. The lowest BCUT2D eigenvalue weighted by atomic mass is 9.85. The van der Waals surface area contributed by atoms with Gasteiger partial charge >= 0.3 is 0 Å². The number of aryl methyl sites for hydroxylation is 1. The molecule has 2 saturated heterocycles. The molecule has 2 bridgehead atoms. The van der Waals surface area contributed by atoms with Gasteiger partial charge in [-0.15, -0.1) is 0 Å². The zero-order chi connectivity index (χ0) is 28.4. The van der Waals surface area contributed by atoms with E-state index in [2.05, 4.69) is 25.4 Å². The van der Waals surface area contributed by atoms with Crippen LogP contribution in [0.5, 0.6) is 0 Å². The smallest absolute Gasteiger partial charge is 0.272 e. The van der Waals surface area contributed by atoms with Crippen LogP contribution in [0.1, 0.15) is 70.6 Å². The second kappa shape index (κ2) is 9.25. The van der Waals surface area contributed by atoms with Gasteiger partial charge in [0.05, 0.1) is 23.7 Å². The van der Waals surface area contributed by atoms with Crippen LogP contribution in [0.25, 0.3) is 22.6 Å². The number of nitrogens with two attached hydrogens (primary N) is 2. The van der Waals surface area contributed by atoms with Gasteiger partial charge in [-0.3, -0.25) is 14.7 Å². The number of amides is 1. The van der Waals surface area contributed by atoms with Gasteiger partial charge in [-0.05, 0) is 57.2 Å². The molecule has 208 valence electrons. The van der Waals surface area contributed by atoms with Crippen LogP contribution in [0.2, 0.25) is 0 Å². The molecule has 13 heteroatoms. The summed E-state index contributed by atoms with van der Waals surface area (Å²) in [6.45, 7) is 3.48. The molecule has 7 rings (SSSR count). The van der Waals surface area contributed by atoms with Gasteiger partial charge in [-0.2, -0.15) is 19.8 Å². The predicted molar refractivity (Wildman–Crippen MR) is 150 cm³/mol. The highest BCUT2D eigenvalue weighted by molar-refractivity contribution is 6.00. The molecule has 13 nitrogen and oxygen atoms in total. The predicted octanol–water partition coefficient (Wildman–Crippen LogP) is 2.93. The first-order chi connectivity index (χ1) is 19.8. The molecule has 2 aliphatic rings. The summed E-state index contributed by atoms with van der Waals surface area (Å²) in [4.78, 5) is 37.8. The number of Topliss-reactive ketones (excluding diaryl/α,β-unsaturated/α-hetero) is 1. The van der Waals surface area contributed by atoms with Crippen molar-refractivity contribution in [2.45, 2.75) is 57.5 Å². The average molecular weight is 552 g/mol. The Labute approximate surface area is 234 Å². The summed E-state index contributed by atoms with van der Waals surface area (Å²) in [7, 11) is 0. The van der Waals surface area contributed by atoms with Crippen LogP contribution in [0.3, 0.4) is 0 Å². The third-order valence-electron chi connectivity index (χ3n) is 8.25. The number of rotatable bonds is 5. The van der Waals surface area contributed by atoms with Crippen molar-refractivity contribution in [1.29, 1.82) is 0 Å². The number of hydrogen-bond acceptors (Lipinski definition) is 9. The first-order valence-corrected chi connectivity index (χ1v) is 13.6. The molecule has 0 aliphatic carbocycles. The highest BCUT2D eigenvalue weighted by Gasteiger charge is 2.45. The minimum absolute atomic E-state index is 0.0156. The Kier molecular flexibility index (Phi) is 5.63. The Morgan fingerprint density at radius 3 is 2.44 bits per heavy atom. The molecule has 1 amide bonds. The van der Waals surface area contributed by atoms with E-state index in [1.807, 2.05) is 30.2 Å². The van der Waals surface area contributed by atoms with Gasteiger partial charge in [-0.25, -0.2) is 14.6 Å². The number of hydrogen-bond donors (Lipinski definition) is 3. The summed E-state index contributed by atoms with van der Waals surface area (Å²) < 4.78 is 3.24. The molecule has 0 saturated carbocycles. The number of H-pyrrole nitrogens is 1. The first kappa shape index (κ1) is 24.9. The first-order valence-electron chi connectivity index (χ1n) is 13.6. The molecule has 5 N–H and O–H groups in total. The Bertz CT molecular complexity index is 1800. The lowest BCUT2D eigenvalue weighted by molar-refractivity contribution is 0.0562. The van der Waals surface area contributed by atoms with Crippen LogP contribution in [0.15, 0.2) is 43.0 Å².